The van der Waals surface area contributed by atoms with Gasteiger partial charge in [-0.05, 0) is 36.8 Å². The molecule has 1 N–H and O–H groups in total. The number of hydrogen-bond donors (Lipinski definition) is 1. The summed E-state index contributed by atoms with van der Waals surface area (Å²) in [7, 11) is 0. The fourth-order valence-electron chi connectivity index (χ4n) is 2.40. The van der Waals surface area contributed by atoms with E-state index >= 15 is 0 Å². The number of nitrogens with zero attached hydrogens (tertiary/aromatic N) is 1. The number of anilines is 1. The zero-order valence-electron chi connectivity index (χ0n) is 13.7. The third kappa shape index (κ3) is 4.59. The first-order valence-corrected chi connectivity index (χ1v) is 9.07. The average Bonchev–Trinajstić information content (AvgIpc) is 3.02. The van der Waals surface area contributed by atoms with Crippen LogP contribution >= 0.6 is 22.9 Å². The number of para-hydroxylation sites is 1. The number of carbonyl (C=O) groups is 1. The first kappa shape index (κ1) is 17.5. The van der Waals surface area contributed by atoms with Crippen LogP contribution in [0.4, 0.5) is 5.13 Å². The highest BCUT2D eigenvalue weighted by Crippen LogP contribution is 2.24. The van der Waals surface area contributed by atoms with Gasteiger partial charge in [0.15, 0.2) is 5.13 Å². The molecule has 0 saturated heterocycles. The minimum Gasteiger partial charge on any atom is -0.493 e. The highest BCUT2D eigenvalue weighted by Gasteiger charge is 2.14. The second kappa shape index (κ2) is 8.14. The fraction of sp³-hybridized carbons (Fsp3) is 0.158. The molecule has 3 rings (SSSR count). The zero-order chi connectivity index (χ0) is 17.6. The molecule has 0 aliphatic heterocycles. The lowest BCUT2D eigenvalue weighted by Crippen LogP contribution is -2.13. The Morgan fingerprint density at radius 1 is 1.24 bits per heavy atom. The number of nitrogens with one attached hydrogen (secondary N) is 1. The van der Waals surface area contributed by atoms with E-state index in [0.29, 0.717) is 28.1 Å². The highest BCUT2D eigenvalue weighted by molar-refractivity contribution is 7.15. The van der Waals surface area contributed by atoms with Crippen molar-refractivity contribution in [3.05, 3.63) is 75.8 Å². The molecule has 1 heterocycles. The van der Waals surface area contributed by atoms with Crippen molar-refractivity contribution in [1.82, 2.24) is 4.98 Å². The Hall–Kier alpha value is -2.37. The van der Waals surface area contributed by atoms with Gasteiger partial charge < -0.3 is 4.74 Å². The Morgan fingerprint density at radius 3 is 2.88 bits per heavy atom. The molecule has 0 saturated carbocycles. The molecule has 0 unspecified atom stereocenters. The summed E-state index contributed by atoms with van der Waals surface area (Å²) in [6.07, 6.45) is 2.50. The van der Waals surface area contributed by atoms with Crippen molar-refractivity contribution in [3.63, 3.8) is 0 Å². The molecular formula is C19H17ClN2O2S. The summed E-state index contributed by atoms with van der Waals surface area (Å²) in [6, 6.07) is 14.9. The van der Waals surface area contributed by atoms with Gasteiger partial charge >= 0.3 is 0 Å². The maximum absolute atomic E-state index is 12.5. The molecule has 0 fully saturated rings. The average molecular weight is 373 g/mol. The monoisotopic (exact) mass is 372 g/mol. The summed E-state index contributed by atoms with van der Waals surface area (Å²) >= 11 is 7.46. The summed E-state index contributed by atoms with van der Waals surface area (Å²) in [5.41, 5.74) is 1.60. The third-order valence-corrected chi connectivity index (χ3v) is 4.62. The predicted molar refractivity (Wildman–Crippen MR) is 102 cm³/mol. The van der Waals surface area contributed by atoms with E-state index in [1.54, 1.807) is 18.3 Å². The van der Waals surface area contributed by atoms with Gasteiger partial charge in [0, 0.05) is 22.5 Å². The molecule has 1 aromatic heterocycles. The van der Waals surface area contributed by atoms with E-state index in [9.17, 15) is 4.79 Å². The number of benzene rings is 2. The van der Waals surface area contributed by atoms with Crippen LogP contribution in [0.3, 0.4) is 0 Å². The van der Waals surface area contributed by atoms with Crippen molar-refractivity contribution in [2.75, 3.05) is 11.9 Å². The second-order valence-corrected chi connectivity index (χ2v) is 6.87. The maximum Gasteiger partial charge on any atom is 0.261 e. The molecule has 0 atom stereocenters. The van der Waals surface area contributed by atoms with Crippen molar-refractivity contribution in [2.24, 2.45) is 0 Å². The highest BCUT2D eigenvalue weighted by atomic mass is 35.5. The third-order valence-electron chi connectivity index (χ3n) is 3.47. The van der Waals surface area contributed by atoms with E-state index < -0.39 is 0 Å². The van der Waals surface area contributed by atoms with Crippen LogP contribution in [0.25, 0.3) is 0 Å². The first-order chi connectivity index (χ1) is 12.2. The van der Waals surface area contributed by atoms with Crippen LogP contribution in [-0.4, -0.2) is 17.5 Å². The maximum atomic E-state index is 12.5. The van der Waals surface area contributed by atoms with Crippen LogP contribution < -0.4 is 10.1 Å². The van der Waals surface area contributed by atoms with E-state index in [1.807, 2.05) is 43.3 Å². The van der Waals surface area contributed by atoms with E-state index in [1.165, 1.54) is 11.3 Å². The molecule has 0 aliphatic rings. The molecule has 1 amide bonds. The van der Waals surface area contributed by atoms with Crippen LogP contribution in [0.2, 0.25) is 5.02 Å². The van der Waals surface area contributed by atoms with Crippen LogP contribution in [0.5, 0.6) is 5.75 Å². The predicted octanol–water partition coefficient (Wildman–Crippen LogP) is 5.04. The molecule has 0 aliphatic carbocycles. The van der Waals surface area contributed by atoms with Crippen LogP contribution in [0, 0.1) is 0 Å². The second-order valence-electron chi connectivity index (χ2n) is 5.32. The minimum atomic E-state index is -0.229. The Morgan fingerprint density at radius 2 is 2.08 bits per heavy atom. The van der Waals surface area contributed by atoms with Crippen LogP contribution in [0.15, 0.2) is 54.7 Å². The molecule has 0 radical (unpaired) electrons. The zero-order valence-corrected chi connectivity index (χ0v) is 15.2. The molecule has 4 nitrogen and oxygen atoms in total. The van der Waals surface area contributed by atoms with Gasteiger partial charge in [-0.15, -0.1) is 11.3 Å². The fourth-order valence-corrected chi connectivity index (χ4v) is 3.45. The number of aromatic nitrogens is 1. The van der Waals surface area contributed by atoms with Gasteiger partial charge in [-0.2, -0.15) is 0 Å². The lowest BCUT2D eigenvalue weighted by Gasteiger charge is -2.08. The Bertz CT molecular complexity index is 879. The topological polar surface area (TPSA) is 51.2 Å². The van der Waals surface area contributed by atoms with Crippen molar-refractivity contribution in [1.29, 1.82) is 0 Å². The summed E-state index contributed by atoms with van der Waals surface area (Å²) in [4.78, 5) is 17.8. The number of halogens is 1. The summed E-state index contributed by atoms with van der Waals surface area (Å²) in [5.74, 6) is 0.339. The van der Waals surface area contributed by atoms with Gasteiger partial charge in [-0.25, -0.2) is 4.98 Å². The smallest absolute Gasteiger partial charge is 0.261 e. The lowest BCUT2D eigenvalue weighted by atomic mass is 10.1. The number of amides is 1. The number of ether oxygens (including phenoxy) is 1. The van der Waals surface area contributed by atoms with E-state index in [-0.39, 0.29) is 5.91 Å². The SMILES string of the molecule is CCOc1ccccc1C(=O)Nc1ncc(Cc2cccc(Cl)c2)s1. The van der Waals surface area contributed by atoms with E-state index in [0.717, 1.165) is 16.9 Å². The molecular weight excluding hydrogens is 356 g/mol. The van der Waals surface area contributed by atoms with Crippen LogP contribution in [-0.2, 0) is 6.42 Å². The van der Waals surface area contributed by atoms with Gasteiger partial charge in [0.25, 0.3) is 5.91 Å². The number of carbonyl (C=O) groups excluding carboxylic acids is 1. The number of rotatable bonds is 6. The molecule has 2 aromatic carbocycles. The lowest BCUT2D eigenvalue weighted by molar-refractivity contribution is 0.102. The Kier molecular flexibility index (Phi) is 5.68. The largest absolute Gasteiger partial charge is 0.493 e. The standard InChI is InChI=1S/C19H17ClN2O2S/c1-2-24-17-9-4-3-8-16(17)18(23)22-19-21-12-15(25-19)11-13-6-5-7-14(20)10-13/h3-10,12H,2,11H2,1H3,(H,21,22,23). The number of thiazole rings is 1. The first-order valence-electron chi connectivity index (χ1n) is 7.88. The Balaban J connectivity index is 1.70. The van der Waals surface area contributed by atoms with Crippen molar-refractivity contribution in [3.8, 4) is 5.75 Å². The summed E-state index contributed by atoms with van der Waals surface area (Å²) in [6.45, 7) is 2.39. The molecule has 6 heteroatoms. The number of hydrogen-bond acceptors (Lipinski definition) is 4. The van der Waals surface area contributed by atoms with Gasteiger partial charge in [0.05, 0.1) is 12.2 Å². The van der Waals surface area contributed by atoms with Crippen molar-refractivity contribution >= 4 is 34.0 Å². The van der Waals surface area contributed by atoms with Gasteiger partial charge in [-0.1, -0.05) is 35.9 Å². The van der Waals surface area contributed by atoms with Gasteiger partial charge in [-0.3, -0.25) is 10.1 Å². The van der Waals surface area contributed by atoms with Gasteiger partial charge in [0.2, 0.25) is 0 Å². The van der Waals surface area contributed by atoms with E-state index in [2.05, 4.69) is 10.3 Å². The van der Waals surface area contributed by atoms with Crippen molar-refractivity contribution < 1.29 is 9.53 Å². The van der Waals surface area contributed by atoms with Crippen LogP contribution in [0.1, 0.15) is 27.7 Å². The quantitative estimate of drug-likeness (QED) is 0.659. The molecule has 25 heavy (non-hydrogen) atoms. The summed E-state index contributed by atoms with van der Waals surface area (Å²) < 4.78 is 5.50. The van der Waals surface area contributed by atoms with Crippen molar-refractivity contribution in [2.45, 2.75) is 13.3 Å². The normalized spacial score (nSPS) is 10.5. The molecule has 0 bridgehead atoms. The molecule has 0 spiro atoms. The van der Waals surface area contributed by atoms with Gasteiger partial charge in [0.1, 0.15) is 5.75 Å². The summed E-state index contributed by atoms with van der Waals surface area (Å²) in [5, 5.41) is 4.11. The molecule has 3 aromatic rings. The van der Waals surface area contributed by atoms with E-state index in [4.69, 9.17) is 16.3 Å². The molecule has 128 valence electrons. The Labute approximate surface area is 155 Å². The minimum absolute atomic E-state index is 0.229.